The lowest BCUT2D eigenvalue weighted by molar-refractivity contribution is 0.165. The van der Waals surface area contributed by atoms with Crippen LogP contribution in [0.15, 0.2) is 24.4 Å². The first kappa shape index (κ1) is 14.4. The standard InChI is InChI=1S/C17H26N4/c1-3-8-21-9-4-5-14(12-21)13(2)19-16-6-7-17-15(10-16)11-18-20-17/h6-7,10-11,13-14,19H,3-5,8-9,12H2,1-2H3,(H,18,20). The van der Waals surface area contributed by atoms with E-state index in [0.29, 0.717) is 6.04 Å². The van der Waals surface area contributed by atoms with Gasteiger partial charge in [-0.3, -0.25) is 5.10 Å². The van der Waals surface area contributed by atoms with Crippen molar-refractivity contribution in [2.75, 3.05) is 25.0 Å². The van der Waals surface area contributed by atoms with Gasteiger partial charge in [-0.15, -0.1) is 0 Å². The number of piperidine rings is 1. The zero-order chi connectivity index (χ0) is 14.7. The number of hydrogen-bond donors (Lipinski definition) is 2. The van der Waals surface area contributed by atoms with Gasteiger partial charge in [0.05, 0.1) is 11.7 Å². The van der Waals surface area contributed by atoms with Gasteiger partial charge in [0.15, 0.2) is 0 Å². The van der Waals surface area contributed by atoms with Gasteiger partial charge in [0.2, 0.25) is 0 Å². The highest BCUT2D eigenvalue weighted by atomic mass is 15.1. The zero-order valence-corrected chi connectivity index (χ0v) is 13.1. The molecule has 4 nitrogen and oxygen atoms in total. The summed E-state index contributed by atoms with van der Waals surface area (Å²) in [5.41, 5.74) is 2.30. The van der Waals surface area contributed by atoms with E-state index in [4.69, 9.17) is 0 Å². The average Bonchev–Trinajstić information content (AvgIpc) is 2.95. The summed E-state index contributed by atoms with van der Waals surface area (Å²) in [4.78, 5) is 2.62. The number of benzene rings is 1. The molecular weight excluding hydrogens is 260 g/mol. The normalized spacial score (nSPS) is 21.5. The van der Waals surface area contributed by atoms with E-state index < -0.39 is 0 Å². The van der Waals surface area contributed by atoms with Crippen LogP contribution < -0.4 is 5.32 Å². The number of nitrogens with one attached hydrogen (secondary N) is 2. The molecule has 0 radical (unpaired) electrons. The number of likely N-dealkylation sites (tertiary alicyclic amines) is 1. The maximum absolute atomic E-state index is 4.08. The first-order valence-corrected chi connectivity index (χ1v) is 8.18. The minimum atomic E-state index is 0.508. The fourth-order valence-corrected chi connectivity index (χ4v) is 3.43. The molecule has 0 spiro atoms. The van der Waals surface area contributed by atoms with Gasteiger partial charge in [0, 0.05) is 23.7 Å². The molecule has 2 unspecified atom stereocenters. The molecule has 1 aliphatic heterocycles. The third-order valence-corrected chi connectivity index (χ3v) is 4.62. The minimum Gasteiger partial charge on any atom is -0.382 e. The van der Waals surface area contributed by atoms with E-state index in [9.17, 15) is 0 Å². The van der Waals surface area contributed by atoms with Crippen LogP contribution in [0.4, 0.5) is 5.69 Å². The molecule has 1 aromatic heterocycles. The van der Waals surface area contributed by atoms with Gasteiger partial charge in [-0.2, -0.15) is 5.10 Å². The smallest absolute Gasteiger partial charge is 0.0651 e. The van der Waals surface area contributed by atoms with Crippen molar-refractivity contribution in [1.29, 1.82) is 0 Å². The highest BCUT2D eigenvalue weighted by molar-refractivity contribution is 5.81. The van der Waals surface area contributed by atoms with Crippen molar-refractivity contribution in [3.8, 4) is 0 Å². The third-order valence-electron chi connectivity index (χ3n) is 4.62. The van der Waals surface area contributed by atoms with Crippen molar-refractivity contribution in [1.82, 2.24) is 15.1 Å². The number of aromatic amines is 1. The SMILES string of the molecule is CCCN1CCCC(C(C)Nc2ccc3[nH]ncc3c2)C1. The van der Waals surface area contributed by atoms with Crippen molar-refractivity contribution in [3.05, 3.63) is 24.4 Å². The largest absolute Gasteiger partial charge is 0.382 e. The van der Waals surface area contributed by atoms with Crippen molar-refractivity contribution in [3.63, 3.8) is 0 Å². The van der Waals surface area contributed by atoms with Crippen LogP contribution in [0.1, 0.15) is 33.1 Å². The fraction of sp³-hybridized carbons (Fsp3) is 0.588. The summed E-state index contributed by atoms with van der Waals surface area (Å²) in [6.07, 6.45) is 5.81. The monoisotopic (exact) mass is 286 g/mol. The molecule has 2 aromatic rings. The Kier molecular flexibility index (Phi) is 4.44. The Morgan fingerprint density at radius 1 is 1.48 bits per heavy atom. The molecule has 1 aromatic carbocycles. The second kappa shape index (κ2) is 6.48. The van der Waals surface area contributed by atoms with E-state index in [1.807, 2.05) is 6.20 Å². The second-order valence-electron chi connectivity index (χ2n) is 6.31. The van der Waals surface area contributed by atoms with Gasteiger partial charge in [-0.05, 0) is 63.4 Å². The second-order valence-corrected chi connectivity index (χ2v) is 6.31. The maximum Gasteiger partial charge on any atom is 0.0651 e. The number of H-pyrrole nitrogens is 1. The topological polar surface area (TPSA) is 44.0 Å². The molecular formula is C17H26N4. The molecule has 2 heterocycles. The number of fused-ring (bicyclic) bond motifs is 1. The van der Waals surface area contributed by atoms with E-state index in [1.165, 1.54) is 50.0 Å². The number of hydrogen-bond acceptors (Lipinski definition) is 3. The molecule has 2 atom stereocenters. The number of nitrogens with zero attached hydrogens (tertiary/aromatic N) is 2. The van der Waals surface area contributed by atoms with Crippen molar-refractivity contribution in [2.24, 2.45) is 5.92 Å². The predicted octanol–water partition coefficient (Wildman–Crippen LogP) is 3.49. The first-order chi connectivity index (χ1) is 10.3. The Morgan fingerprint density at radius 3 is 3.24 bits per heavy atom. The summed E-state index contributed by atoms with van der Waals surface area (Å²) >= 11 is 0. The van der Waals surface area contributed by atoms with Gasteiger partial charge in [-0.1, -0.05) is 6.92 Å². The molecule has 1 saturated heterocycles. The van der Waals surface area contributed by atoms with Crippen LogP contribution in [-0.4, -0.2) is 40.8 Å². The lowest BCUT2D eigenvalue weighted by Gasteiger charge is -2.36. The Hall–Kier alpha value is -1.55. The minimum absolute atomic E-state index is 0.508. The first-order valence-electron chi connectivity index (χ1n) is 8.18. The van der Waals surface area contributed by atoms with Crippen LogP contribution in [-0.2, 0) is 0 Å². The number of aromatic nitrogens is 2. The number of anilines is 1. The molecule has 114 valence electrons. The summed E-state index contributed by atoms with van der Waals surface area (Å²) < 4.78 is 0. The summed E-state index contributed by atoms with van der Waals surface area (Å²) in [7, 11) is 0. The molecule has 1 fully saturated rings. The molecule has 0 saturated carbocycles. The average molecular weight is 286 g/mol. The Labute approximate surface area is 126 Å². The fourth-order valence-electron chi connectivity index (χ4n) is 3.43. The van der Waals surface area contributed by atoms with Crippen molar-refractivity contribution >= 4 is 16.6 Å². The maximum atomic E-state index is 4.08. The molecule has 0 aliphatic carbocycles. The molecule has 21 heavy (non-hydrogen) atoms. The molecule has 1 aliphatic rings. The number of rotatable bonds is 5. The van der Waals surface area contributed by atoms with E-state index in [0.717, 1.165) is 11.4 Å². The van der Waals surface area contributed by atoms with Gasteiger partial charge in [0.25, 0.3) is 0 Å². The lowest BCUT2D eigenvalue weighted by atomic mass is 9.91. The van der Waals surface area contributed by atoms with Crippen molar-refractivity contribution < 1.29 is 0 Å². The van der Waals surface area contributed by atoms with Crippen LogP contribution in [0.3, 0.4) is 0 Å². The van der Waals surface area contributed by atoms with E-state index in [-0.39, 0.29) is 0 Å². The highest BCUT2D eigenvalue weighted by Crippen LogP contribution is 2.24. The lowest BCUT2D eigenvalue weighted by Crippen LogP contribution is -2.42. The molecule has 2 N–H and O–H groups in total. The third kappa shape index (κ3) is 3.38. The van der Waals surface area contributed by atoms with Crippen LogP contribution in [0.25, 0.3) is 10.9 Å². The van der Waals surface area contributed by atoms with Crippen LogP contribution in [0.2, 0.25) is 0 Å². The van der Waals surface area contributed by atoms with Gasteiger partial charge in [-0.25, -0.2) is 0 Å². The highest BCUT2D eigenvalue weighted by Gasteiger charge is 2.24. The molecule has 3 rings (SSSR count). The summed E-state index contributed by atoms with van der Waals surface area (Å²) in [6, 6.07) is 6.93. The summed E-state index contributed by atoms with van der Waals surface area (Å²) in [5, 5.41) is 11.9. The summed E-state index contributed by atoms with van der Waals surface area (Å²) in [5.74, 6) is 0.741. The van der Waals surface area contributed by atoms with Crippen molar-refractivity contribution in [2.45, 2.75) is 39.2 Å². The van der Waals surface area contributed by atoms with Gasteiger partial charge >= 0.3 is 0 Å². The van der Waals surface area contributed by atoms with Gasteiger partial charge < -0.3 is 10.2 Å². The quantitative estimate of drug-likeness (QED) is 0.884. The van der Waals surface area contributed by atoms with E-state index in [2.05, 4.69) is 52.5 Å². The van der Waals surface area contributed by atoms with Crippen LogP contribution in [0.5, 0.6) is 0 Å². The zero-order valence-electron chi connectivity index (χ0n) is 13.1. The predicted molar refractivity (Wildman–Crippen MR) is 88.6 cm³/mol. The molecule has 4 heteroatoms. The Bertz CT molecular complexity index is 575. The molecule has 0 amide bonds. The Balaban J connectivity index is 1.63. The summed E-state index contributed by atoms with van der Waals surface area (Å²) in [6.45, 7) is 8.34. The Morgan fingerprint density at radius 2 is 2.38 bits per heavy atom. The van der Waals surface area contributed by atoms with Gasteiger partial charge in [0.1, 0.15) is 0 Å². The van der Waals surface area contributed by atoms with Crippen LogP contribution >= 0.6 is 0 Å². The van der Waals surface area contributed by atoms with E-state index >= 15 is 0 Å². The van der Waals surface area contributed by atoms with E-state index in [1.54, 1.807) is 0 Å². The van der Waals surface area contributed by atoms with Crippen LogP contribution in [0, 0.1) is 5.92 Å². The molecule has 0 bridgehead atoms.